The van der Waals surface area contributed by atoms with Gasteiger partial charge in [0.1, 0.15) is 5.69 Å². The molecule has 0 fully saturated rings. The molecule has 3 heterocycles. The first-order valence-electron chi connectivity index (χ1n) is 6.96. The molecule has 0 spiro atoms. The monoisotopic (exact) mass is 276 g/mol. The van der Waals surface area contributed by atoms with Gasteiger partial charge < -0.3 is 0 Å². The summed E-state index contributed by atoms with van der Waals surface area (Å²) in [6.07, 6.45) is 3.52. The average molecular weight is 276 g/mol. The molecule has 3 aromatic heterocycles. The van der Waals surface area contributed by atoms with E-state index in [0.717, 1.165) is 22.8 Å². The zero-order valence-electron chi connectivity index (χ0n) is 12.1. The maximum absolute atomic E-state index is 4.63. The van der Waals surface area contributed by atoms with Crippen LogP contribution in [-0.2, 0) is 0 Å². The lowest BCUT2D eigenvalue weighted by molar-refractivity contribution is 0.816. The number of nitrogens with zero attached hydrogens (tertiary/aromatic N) is 4. The molecular weight excluding hydrogens is 260 g/mol. The molecule has 0 radical (unpaired) electrons. The molecule has 3 aromatic rings. The molecule has 0 amide bonds. The van der Waals surface area contributed by atoms with Crippen LogP contribution in [0.15, 0.2) is 54.9 Å². The Morgan fingerprint density at radius 2 is 1.43 bits per heavy atom. The van der Waals surface area contributed by atoms with Crippen LogP contribution < -0.4 is 0 Å². The van der Waals surface area contributed by atoms with Gasteiger partial charge in [0.2, 0.25) is 0 Å². The average Bonchev–Trinajstić information content (AvgIpc) is 2.56. The number of rotatable bonds is 3. The minimum atomic E-state index is 0.318. The van der Waals surface area contributed by atoms with E-state index in [0.29, 0.717) is 11.7 Å². The Morgan fingerprint density at radius 3 is 2.00 bits per heavy atom. The molecule has 0 aliphatic carbocycles. The van der Waals surface area contributed by atoms with Gasteiger partial charge in [-0.05, 0) is 36.2 Å². The molecule has 0 unspecified atom stereocenters. The largest absolute Gasteiger partial charge is 0.255 e. The normalized spacial score (nSPS) is 10.8. The lowest BCUT2D eigenvalue weighted by Crippen LogP contribution is -2.01. The molecule has 0 bridgehead atoms. The highest BCUT2D eigenvalue weighted by Crippen LogP contribution is 2.23. The minimum Gasteiger partial charge on any atom is -0.255 e. The maximum Gasteiger partial charge on any atom is 0.179 e. The first-order valence-corrected chi connectivity index (χ1v) is 6.96. The Balaban J connectivity index is 2.16. The zero-order chi connectivity index (χ0) is 14.7. The van der Waals surface area contributed by atoms with Crippen LogP contribution in [0.4, 0.5) is 0 Å². The van der Waals surface area contributed by atoms with Crippen molar-refractivity contribution >= 4 is 0 Å². The summed E-state index contributed by atoms with van der Waals surface area (Å²) < 4.78 is 0. The van der Waals surface area contributed by atoms with E-state index in [9.17, 15) is 0 Å². The van der Waals surface area contributed by atoms with Crippen LogP contribution in [0, 0.1) is 0 Å². The van der Waals surface area contributed by atoms with Crippen molar-refractivity contribution in [2.45, 2.75) is 19.8 Å². The van der Waals surface area contributed by atoms with Gasteiger partial charge in [-0.25, -0.2) is 9.97 Å². The van der Waals surface area contributed by atoms with Gasteiger partial charge in [-0.3, -0.25) is 9.97 Å². The summed E-state index contributed by atoms with van der Waals surface area (Å²) in [5.74, 6) is 0.959. The smallest absolute Gasteiger partial charge is 0.179 e. The minimum absolute atomic E-state index is 0.318. The van der Waals surface area contributed by atoms with Crippen LogP contribution >= 0.6 is 0 Å². The van der Waals surface area contributed by atoms with Crippen molar-refractivity contribution in [1.82, 2.24) is 19.9 Å². The highest BCUT2D eigenvalue weighted by Gasteiger charge is 2.11. The van der Waals surface area contributed by atoms with Crippen molar-refractivity contribution in [2.24, 2.45) is 0 Å². The topological polar surface area (TPSA) is 51.6 Å². The fourth-order valence-electron chi connectivity index (χ4n) is 2.02. The second-order valence-corrected chi connectivity index (χ2v) is 5.09. The van der Waals surface area contributed by atoms with E-state index in [4.69, 9.17) is 0 Å². The maximum atomic E-state index is 4.63. The third-order valence-electron chi connectivity index (χ3n) is 3.16. The molecule has 0 saturated carbocycles. The molecule has 104 valence electrons. The van der Waals surface area contributed by atoms with Gasteiger partial charge in [0.15, 0.2) is 5.82 Å². The van der Waals surface area contributed by atoms with Crippen LogP contribution in [0.2, 0.25) is 0 Å². The Bertz CT molecular complexity index is 667. The highest BCUT2D eigenvalue weighted by atomic mass is 14.9. The van der Waals surface area contributed by atoms with Crippen molar-refractivity contribution < 1.29 is 0 Å². The third kappa shape index (κ3) is 2.94. The molecule has 21 heavy (non-hydrogen) atoms. The van der Waals surface area contributed by atoms with Crippen molar-refractivity contribution in [3.63, 3.8) is 0 Å². The van der Waals surface area contributed by atoms with Crippen LogP contribution in [0.1, 0.15) is 25.5 Å². The third-order valence-corrected chi connectivity index (χ3v) is 3.16. The molecule has 0 atom stereocenters. The van der Waals surface area contributed by atoms with Gasteiger partial charge in [0.25, 0.3) is 0 Å². The molecule has 4 nitrogen and oxygen atoms in total. The molecular formula is C17H16N4. The number of hydrogen-bond donors (Lipinski definition) is 0. The zero-order valence-corrected chi connectivity index (χ0v) is 12.1. The Labute approximate surface area is 124 Å². The predicted molar refractivity (Wildman–Crippen MR) is 82.6 cm³/mol. The standard InChI is InChI=1S/C17H16N4/c1-12(2)15-11-16(13-7-3-5-9-18-13)21-17(20-15)14-8-4-6-10-19-14/h3-12H,1-2H3. The highest BCUT2D eigenvalue weighted by molar-refractivity contribution is 5.59. The van der Waals surface area contributed by atoms with E-state index < -0.39 is 0 Å². The molecule has 4 heteroatoms. The molecule has 0 saturated heterocycles. The number of hydrogen-bond acceptors (Lipinski definition) is 4. The summed E-state index contributed by atoms with van der Waals surface area (Å²) >= 11 is 0. The van der Waals surface area contributed by atoms with Gasteiger partial charge in [0, 0.05) is 18.1 Å². The summed E-state index contributed by atoms with van der Waals surface area (Å²) in [7, 11) is 0. The Kier molecular flexibility index (Phi) is 3.69. The molecule has 0 N–H and O–H groups in total. The first-order chi connectivity index (χ1) is 10.2. The lowest BCUT2D eigenvalue weighted by Gasteiger charge is -2.09. The summed E-state index contributed by atoms with van der Waals surface area (Å²) in [6, 6.07) is 13.5. The van der Waals surface area contributed by atoms with Gasteiger partial charge in [-0.1, -0.05) is 26.0 Å². The summed E-state index contributed by atoms with van der Waals surface area (Å²) in [5, 5.41) is 0. The van der Waals surface area contributed by atoms with Gasteiger partial charge in [-0.15, -0.1) is 0 Å². The van der Waals surface area contributed by atoms with E-state index in [1.807, 2.05) is 42.5 Å². The van der Waals surface area contributed by atoms with E-state index in [1.165, 1.54) is 0 Å². The summed E-state index contributed by atoms with van der Waals surface area (Å²) in [6.45, 7) is 4.24. The van der Waals surface area contributed by atoms with Gasteiger partial charge in [0.05, 0.1) is 11.4 Å². The van der Waals surface area contributed by atoms with Crippen molar-refractivity contribution in [1.29, 1.82) is 0 Å². The fourth-order valence-corrected chi connectivity index (χ4v) is 2.02. The second kappa shape index (κ2) is 5.79. The van der Waals surface area contributed by atoms with Crippen molar-refractivity contribution in [3.05, 3.63) is 60.6 Å². The van der Waals surface area contributed by atoms with Crippen molar-refractivity contribution in [2.75, 3.05) is 0 Å². The van der Waals surface area contributed by atoms with E-state index in [2.05, 4.69) is 33.8 Å². The summed E-state index contributed by atoms with van der Waals surface area (Å²) in [4.78, 5) is 18.0. The van der Waals surface area contributed by atoms with Crippen LogP contribution in [0.25, 0.3) is 22.9 Å². The quantitative estimate of drug-likeness (QED) is 0.731. The second-order valence-electron chi connectivity index (χ2n) is 5.09. The number of pyridine rings is 2. The molecule has 0 aromatic carbocycles. The van der Waals surface area contributed by atoms with E-state index >= 15 is 0 Å². The fraction of sp³-hybridized carbons (Fsp3) is 0.176. The number of aromatic nitrogens is 4. The Hall–Kier alpha value is -2.62. The first kappa shape index (κ1) is 13.4. The van der Waals surface area contributed by atoms with E-state index in [-0.39, 0.29) is 0 Å². The van der Waals surface area contributed by atoms with Crippen LogP contribution in [0.5, 0.6) is 0 Å². The summed E-state index contributed by atoms with van der Waals surface area (Å²) in [5.41, 5.74) is 3.44. The lowest BCUT2D eigenvalue weighted by atomic mass is 10.1. The predicted octanol–water partition coefficient (Wildman–Crippen LogP) is 3.72. The van der Waals surface area contributed by atoms with Crippen LogP contribution in [0.3, 0.4) is 0 Å². The molecule has 0 aliphatic rings. The van der Waals surface area contributed by atoms with Gasteiger partial charge >= 0.3 is 0 Å². The molecule has 0 aliphatic heterocycles. The van der Waals surface area contributed by atoms with Gasteiger partial charge in [-0.2, -0.15) is 0 Å². The van der Waals surface area contributed by atoms with E-state index in [1.54, 1.807) is 12.4 Å². The SMILES string of the molecule is CC(C)c1cc(-c2ccccn2)nc(-c2ccccn2)n1. The Morgan fingerprint density at radius 1 is 0.762 bits per heavy atom. The van der Waals surface area contributed by atoms with Crippen molar-refractivity contribution in [3.8, 4) is 22.9 Å². The van der Waals surface area contributed by atoms with Crippen LogP contribution in [-0.4, -0.2) is 19.9 Å². The molecule has 3 rings (SSSR count).